The Morgan fingerprint density at radius 1 is 1.06 bits per heavy atom. The van der Waals surface area contributed by atoms with Crippen LogP contribution in [0.4, 0.5) is 0 Å². The van der Waals surface area contributed by atoms with Gasteiger partial charge in [-0.25, -0.2) is 8.42 Å². The minimum atomic E-state index is -2.98. The van der Waals surface area contributed by atoms with Gasteiger partial charge in [0.1, 0.15) is 0 Å². The molecule has 5 heteroatoms. The van der Waals surface area contributed by atoms with Crippen molar-refractivity contribution in [2.24, 2.45) is 0 Å². The molecule has 17 heavy (non-hydrogen) atoms. The Labute approximate surface area is 115 Å². The summed E-state index contributed by atoms with van der Waals surface area (Å²) in [6, 6.07) is 0. The van der Waals surface area contributed by atoms with Crippen LogP contribution in [0.2, 0.25) is 0 Å². The summed E-state index contributed by atoms with van der Waals surface area (Å²) in [6.45, 7) is 6.90. The van der Waals surface area contributed by atoms with Gasteiger partial charge in [0.2, 0.25) is 0 Å². The summed E-state index contributed by atoms with van der Waals surface area (Å²) in [7, 11) is -0.985. The van der Waals surface area contributed by atoms with Crippen molar-refractivity contribution in [3.8, 4) is 0 Å². The van der Waals surface area contributed by atoms with E-state index in [1.807, 2.05) is 7.05 Å². The number of hydrogen-bond acceptors (Lipinski definition) is 3. The first-order valence-corrected chi connectivity index (χ1v) is 8.95. The molecule has 0 heterocycles. The SMILES string of the molecule is CN(CCCCCBr)CCS(=O)(=O)C(C)(C)C. The summed E-state index contributed by atoms with van der Waals surface area (Å²) in [5, 5.41) is 1.05. The second-order valence-corrected chi connectivity index (χ2v) is 9.14. The summed E-state index contributed by atoms with van der Waals surface area (Å²) in [5.74, 6) is 0.255. The van der Waals surface area contributed by atoms with Crippen LogP contribution in [0.3, 0.4) is 0 Å². The summed E-state index contributed by atoms with van der Waals surface area (Å²) in [5.41, 5.74) is 0. The maximum absolute atomic E-state index is 11.9. The zero-order chi connectivity index (χ0) is 13.5. The van der Waals surface area contributed by atoms with Crippen LogP contribution < -0.4 is 0 Å². The number of unbranched alkanes of at least 4 members (excludes halogenated alkanes) is 2. The smallest absolute Gasteiger partial charge is 0.156 e. The van der Waals surface area contributed by atoms with Crippen LogP contribution in [0.1, 0.15) is 40.0 Å². The molecule has 0 bridgehead atoms. The molecule has 3 nitrogen and oxygen atoms in total. The molecule has 0 unspecified atom stereocenters. The van der Waals surface area contributed by atoms with Crippen molar-refractivity contribution in [3.05, 3.63) is 0 Å². The Hall–Kier alpha value is 0.390. The number of nitrogens with zero attached hydrogens (tertiary/aromatic N) is 1. The lowest BCUT2D eigenvalue weighted by Crippen LogP contribution is -2.35. The van der Waals surface area contributed by atoms with Crippen molar-refractivity contribution in [3.63, 3.8) is 0 Å². The lowest BCUT2D eigenvalue weighted by atomic mass is 10.2. The molecule has 0 atom stereocenters. The molecule has 0 aliphatic heterocycles. The van der Waals surface area contributed by atoms with E-state index in [4.69, 9.17) is 0 Å². The molecule has 0 aliphatic rings. The van der Waals surface area contributed by atoms with Gasteiger partial charge in [-0.2, -0.15) is 0 Å². The molecule has 0 rings (SSSR count). The van der Waals surface area contributed by atoms with E-state index in [9.17, 15) is 8.42 Å². The Bertz CT molecular complexity index is 296. The Balaban J connectivity index is 3.88. The molecule has 0 saturated heterocycles. The third-order valence-corrected chi connectivity index (χ3v) is 6.00. The van der Waals surface area contributed by atoms with Crippen LogP contribution in [-0.4, -0.2) is 49.3 Å². The largest absolute Gasteiger partial charge is 0.305 e. The highest BCUT2D eigenvalue weighted by Crippen LogP contribution is 2.15. The molecule has 0 aromatic heterocycles. The predicted octanol–water partition coefficient (Wildman–Crippen LogP) is 2.70. The molecule has 0 radical (unpaired) electrons. The monoisotopic (exact) mass is 327 g/mol. The molecular formula is C12H26BrNO2S. The Kier molecular flexibility index (Phi) is 7.92. The molecule has 0 saturated carbocycles. The fourth-order valence-corrected chi connectivity index (χ4v) is 2.91. The standard InChI is InChI=1S/C12H26BrNO2S/c1-12(2,3)17(15,16)11-10-14(4)9-7-5-6-8-13/h5-11H2,1-4H3. The third-order valence-electron chi connectivity index (χ3n) is 2.85. The average molecular weight is 328 g/mol. The maximum Gasteiger partial charge on any atom is 0.156 e. The van der Waals surface area contributed by atoms with Gasteiger partial charge >= 0.3 is 0 Å². The summed E-state index contributed by atoms with van der Waals surface area (Å²) in [4.78, 5) is 2.11. The number of halogens is 1. The van der Waals surface area contributed by atoms with Crippen molar-refractivity contribution >= 4 is 25.8 Å². The molecule has 0 N–H and O–H groups in total. The minimum Gasteiger partial charge on any atom is -0.305 e. The fourth-order valence-electron chi connectivity index (χ4n) is 1.35. The summed E-state index contributed by atoms with van der Waals surface area (Å²) in [6.07, 6.45) is 3.52. The molecule has 0 aliphatic carbocycles. The zero-order valence-corrected chi connectivity index (χ0v) is 13.9. The quantitative estimate of drug-likeness (QED) is 0.508. The first-order valence-electron chi connectivity index (χ1n) is 6.17. The van der Waals surface area contributed by atoms with E-state index in [0.717, 1.165) is 18.3 Å². The van der Waals surface area contributed by atoms with Crippen LogP contribution in [0, 0.1) is 0 Å². The van der Waals surface area contributed by atoms with Gasteiger partial charge < -0.3 is 4.90 Å². The zero-order valence-electron chi connectivity index (χ0n) is 11.5. The van der Waals surface area contributed by atoms with Crippen LogP contribution in [0.5, 0.6) is 0 Å². The lowest BCUT2D eigenvalue weighted by Gasteiger charge is -2.22. The van der Waals surface area contributed by atoms with Gasteiger partial charge in [-0.3, -0.25) is 0 Å². The second-order valence-electron chi connectivity index (χ2n) is 5.48. The van der Waals surface area contributed by atoms with E-state index < -0.39 is 14.6 Å². The minimum absolute atomic E-state index is 0.255. The van der Waals surface area contributed by atoms with Crippen LogP contribution in [0.15, 0.2) is 0 Å². The first kappa shape index (κ1) is 17.4. The third kappa shape index (κ3) is 7.42. The topological polar surface area (TPSA) is 37.4 Å². The summed E-state index contributed by atoms with van der Waals surface area (Å²) >= 11 is 3.40. The summed E-state index contributed by atoms with van der Waals surface area (Å²) < 4.78 is 23.2. The number of hydrogen-bond donors (Lipinski definition) is 0. The highest BCUT2D eigenvalue weighted by molar-refractivity contribution is 9.09. The highest BCUT2D eigenvalue weighted by atomic mass is 79.9. The first-order chi connectivity index (χ1) is 7.70. The molecule has 0 aromatic carbocycles. The number of alkyl halides is 1. The van der Waals surface area contributed by atoms with Gasteiger partial charge in [0, 0.05) is 11.9 Å². The average Bonchev–Trinajstić information content (AvgIpc) is 2.20. The molecule has 0 aromatic rings. The van der Waals surface area contributed by atoms with Gasteiger partial charge in [0.25, 0.3) is 0 Å². The van der Waals surface area contributed by atoms with Crippen molar-refractivity contribution in [1.29, 1.82) is 0 Å². The van der Waals surface area contributed by atoms with Crippen molar-refractivity contribution in [1.82, 2.24) is 4.90 Å². The van der Waals surface area contributed by atoms with Crippen LogP contribution in [-0.2, 0) is 9.84 Å². The van der Waals surface area contributed by atoms with Crippen molar-refractivity contribution in [2.75, 3.05) is 31.2 Å². The molecule has 0 fully saturated rings. The molecule has 0 spiro atoms. The Morgan fingerprint density at radius 3 is 2.12 bits per heavy atom. The van der Waals surface area contributed by atoms with Gasteiger partial charge in [-0.05, 0) is 47.2 Å². The van der Waals surface area contributed by atoms with E-state index in [1.54, 1.807) is 20.8 Å². The molecule has 0 amide bonds. The van der Waals surface area contributed by atoms with E-state index >= 15 is 0 Å². The number of rotatable bonds is 8. The fraction of sp³-hybridized carbons (Fsp3) is 1.00. The van der Waals surface area contributed by atoms with Gasteiger partial charge in [0.05, 0.1) is 10.5 Å². The maximum atomic E-state index is 11.9. The van der Waals surface area contributed by atoms with E-state index in [2.05, 4.69) is 20.8 Å². The molecule has 104 valence electrons. The number of sulfone groups is 1. The normalized spacial score (nSPS) is 13.3. The Morgan fingerprint density at radius 2 is 1.65 bits per heavy atom. The van der Waals surface area contributed by atoms with Crippen molar-refractivity contribution < 1.29 is 8.42 Å². The van der Waals surface area contributed by atoms with E-state index in [1.165, 1.54) is 12.8 Å². The van der Waals surface area contributed by atoms with Gasteiger partial charge in [0.15, 0.2) is 9.84 Å². The van der Waals surface area contributed by atoms with Gasteiger partial charge in [-0.15, -0.1) is 0 Å². The van der Waals surface area contributed by atoms with Crippen molar-refractivity contribution in [2.45, 2.75) is 44.8 Å². The molecular weight excluding hydrogens is 302 g/mol. The van der Waals surface area contributed by atoms with Crippen LogP contribution in [0.25, 0.3) is 0 Å². The van der Waals surface area contributed by atoms with E-state index in [-0.39, 0.29) is 5.75 Å². The van der Waals surface area contributed by atoms with Crippen LogP contribution >= 0.6 is 15.9 Å². The van der Waals surface area contributed by atoms with E-state index in [0.29, 0.717) is 6.54 Å². The predicted molar refractivity (Wildman–Crippen MR) is 78.7 cm³/mol. The lowest BCUT2D eigenvalue weighted by molar-refractivity contribution is 0.342. The highest BCUT2D eigenvalue weighted by Gasteiger charge is 2.28. The van der Waals surface area contributed by atoms with Gasteiger partial charge in [-0.1, -0.05) is 22.4 Å². The second kappa shape index (κ2) is 7.74.